The first-order chi connectivity index (χ1) is 11.7. The van der Waals surface area contributed by atoms with Crippen LogP contribution in [-0.2, 0) is 10.2 Å². The van der Waals surface area contributed by atoms with Crippen molar-refractivity contribution in [2.24, 2.45) is 5.92 Å². The fraction of sp³-hybridized carbons (Fsp3) is 0.600. The van der Waals surface area contributed by atoms with E-state index >= 15 is 0 Å². The summed E-state index contributed by atoms with van der Waals surface area (Å²) in [6.07, 6.45) is 1.84. The summed E-state index contributed by atoms with van der Waals surface area (Å²) >= 11 is 0. The van der Waals surface area contributed by atoms with E-state index in [2.05, 4.69) is 26.1 Å². The Balaban J connectivity index is 1.96. The van der Waals surface area contributed by atoms with Gasteiger partial charge in [-0.25, -0.2) is 0 Å². The van der Waals surface area contributed by atoms with Gasteiger partial charge in [0.1, 0.15) is 6.04 Å². The van der Waals surface area contributed by atoms with Gasteiger partial charge in [-0.2, -0.15) is 0 Å². The number of carbonyl (C=O) groups excluding carboxylic acids is 2. The van der Waals surface area contributed by atoms with Crippen LogP contribution in [0, 0.1) is 5.92 Å². The van der Waals surface area contributed by atoms with Crippen molar-refractivity contribution in [1.82, 2.24) is 10.2 Å². The third-order valence-electron chi connectivity index (χ3n) is 4.82. The highest BCUT2D eigenvalue weighted by molar-refractivity contribution is 5.97. The minimum atomic E-state index is -0.577. The lowest BCUT2D eigenvalue weighted by Gasteiger charge is -2.33. The summed E-state index contributed by atoms with van der Waals surface area (Å²) in [5.41, 5.74) is 1.76. The zero-order valence-corrected chi connectivity index (χ0v) is 15.7. The van der Waals surface area contributed by atoms with Gasteiger partial charge in [-0.05, 0) is 48.8 Å². The minimum absolute atomic E-state index is 0.0375. The summed E-state index contributed by atoms with van der Waals surface area (Å²) in [7, 11) is 0. The molecule has 1 heterocycles. The third-order valence-corrected chi connectivity index (χ3v) is 4.82. The SMILES string of the molecule is CC(NC(=O)c1ccc(C(C)(C)C)cc1)C(=O)N1CCCC(CO)C1. The first kappa shape index (κ1) is 19.4. The molecule has 2 amide bonds. The average Bonchev–Trinajstić information content (AvgIpc) is 2.60. The number of nitrogens with zero attached hydrogens (tertiary/aromatic N) is 1. The molecule has 25 heavy (non-hydrogen) atoms. The van der Waals surface area contributed by atoms with Crippen LogP contribution in [0.15, 0.2) is 24.3 Å². The van der Waals surface area contributed by atoms with Crippen LogP contribution < -0.4 is 5.32 Å². The first-order valence-electron chi connectivity index (χ1n) is 9.03. The van der Waals surface area contributed by atoms with Gasteiger partial charge in [0.25, 0.3) is 5.91 Å². The Bertz CT molecular complexity index is 604. The Hall–Kier alpha value is -1.88. The molecule has 138 valence electrons. The van der Waals surface area contributed by atoms with Crippen molar-refractivity contribution in [2.45, 2.75) is 52.0 Å². The van der Waals surface area contributed by atoms with Gasteiger partial charge < -0.3 is 15.3 Å². The van der Waals surface area contributed by atoms with Gasteiger partial charge in [0.2, 0.25) is 5.91 Å². The third kappa shape index (κ3) is 5.05. The number of rotatable bonds is 4. The lowest BCUT2D eigenvalue weighted by Crippen LogP contribution is -2.50. The average molecular weight is 346 g/mol. The highest BCUT2D eigenvalue weighted by Gasteiger charge is 2.27. The van der Waals surface area contributed by atoms with Crippen molar-refractivity contribution in [3.8, 4) is 0 Å². The molecule has 0 radical (unpaired) electrons. The maximum atomic E-state index is 12.5. The fourth-order valence-electron chi connectivity index (χ4n) is 3.15. The van der Waals surface area contributed by atoms with Crippen LogP contribution in [0.2, 0.25) is 0 Å². The number of benzene rings is 1. The van der Waals surface area contributed by atoms with Crippen LogP contribution in [0.5, 0.6) is 0 Å². The van der Waals surface area contributed by atoms with Gasteiger partial charge in [-0.15, -0.1) is 0 Å². The van der Waals surface area contributed by atoms with Gasteiger partial charge in [0.05, 0.1) is 0 Å². The molecule has 1 fully saturated rings. The first-order valence-corrected chi connectivity index (χ1v) is 9.03. The van der Waals surface area contributed by atoms with E-state index in [0.29, 0.717) is 18.7 Å². The number of hydrogen-bond acceptors (Lipinski definition) is 3. The van der Waals surface area contributed by atoms with Crippen molar-refractivity contribution in [1.29, 1.82) is 0 Å². The van der Waals surface area contributed by atoms with E-state index in [4.69, 9.17) is 0 Å². The molecule has 5 nitrogen and oxygen atoms in total. The molecule has 2 unspecified atom stereocenters. The molecule has 1 aliphatic heterocycles. The molecule has 5 heteroatoms. The Labute approximate surface area is 150 Å². The number of aliphatic hydroxyl groups excluding tert-OH is 1. The summed E-state index contributed by atoms with van der Waals surface area (Å²) in [4.78, 5) is 26.7. The highest BCUT2D eigenvalue weighted by atomic mass is 16.3. The number of aliphatic hydroxyl groups is 1. The summed E-state index contributed by atoms with van der Waals surface area (Å²) < 4.78 is 0. The van der Waals surface area contributed by atoms with Crippen LogP contribution in [0.1, 0.15) is 56.5 Å². The van der Waals surface area contributed by atoms with Gasteiger partial charge in [-0.3, -0.25) is 9.59 Å². The van der Waals surface area contributed by atoms with Crippen molar-refractivity contribution in [3.05, 3.63) is 35.4 Å². The topological polar surface area (TPSA) is 69.6 Å². The second-order valence-corrected chi connectivity index (χ2v) is 8.00. The Morgan fingerprint density at radius 2 is 1.92 bits per heavy atom. The van der Waals surface area contributed by atoms with Crippen molar-refractivity contribution in [3.63, 3.8) is 0 Å². The maximum absolute atomic E-state index is 12.5. The van der Waals surface area contributed by atoms with Crippen LogP contribution in [0.3, 0.4) is 0 Å². The number of piperidine rings is 1. The molecule has 1 aliphatic rings. The molecule has 0 bridgehead atoms. The zero-order chi connectivity index (χ0) is 18.6. The van der Waals surface area contributed by atoms with E-state index in [0.717, 1.165) is 18.4 Å². The van der Waals surface area contributed by atoms with E-state index in [-0.39, 0.29) is 29.8 Å². The number of hydrogen-bond donors (Lipinski definition) is 2. The normalized spacial score (nSPS) is 19.4. The number of amides is 2. The Morgan fingerprint density at radius 3 is 2.48 bits per heavy atom. The maximum Gasteiger partial charge on any atom is 0.251 e. The standard InChI is InChI=1S/C20H30N2O3/c1-14(19(25)22-11-5-6-15(12-22)13-23)21-18(24)16-7-9-17(10-8-16)20(2,3)4/h7-10,14-15,23H,5-6,11-13H2,1-4H3,(H,21,24). The summed E-state index contributed by atoms with van der Waals surface area (Å²) in [6.45, 7) is 9.45. The monoisotopic (exact) mass is 346 g/mol. The molecule has 2 N–H and O–H groups in total. The highest BCUT2D eigenvalue weighted by Crippen LogP contribution is 2.22. The predicted octanol–water partition coefficient (Wildman–Crippen LogP) is 2.33. The smallest absolute Gasteiger partial charge is 0.251 e. The second-order valence-electron chi connectivity index (χ2n) is 8.00. The molecule has 1 aromatic carbocycles. The second kappa shape index (κ2) is 8.00. The molecule has 0 aliphatic carbocycles. The molecule has 2 atom stereocenters. The van der Waals surface area contributed by atoms with Gasteiger partial charge in [0.15, 0.2) is 0 Å². The quantitative estimate of drug-likeness (QED) is 0.879. The molecular formula is C20H30N2O3. The van der Waals surface area contributed by atoms with E-state index in [1.165, 1.54) is 0 Å². The zero-order valence-electron chi connectivity index (χ0n) is 15.7. The number of likely N-dealkylation sites (tertiary alicyclic amines) is 1. The van der Waals surface area contributed by atoms with Crippen LogP contribution >= 0.6 is 0 Å². The molecular weight excluding hydrogens is 316 g/mol. The Kier molecular flexibility index (Phi) is 6.22. The van der Waals surface area contributed by atoms with Gasteiger partial charge in [0, 0.05) is 25.3 Å². The van der Waals surface area contributed by atoms with Crippen molar-refractivity contribution < 1.29 is 14.7 Å². The van der Waals surface area contributed by atoms with E-state index in [9.17, 15) is 14.7 Å². The van der Waals surface area contributed by atoms with E-state index < -0.39 is 6.04 Å². The summed E-state index contributed by atoms with van der Waals surface area (Å²) in [5, 5.41) is 12.1. The lowest BCUT2D eigenvalue weighted by atomic mass is 9.86. The molecule has 0 spiro atoms. The molecule has 1 aromatic rings. The lowest BCUT2D eigenvalue weighted by molar-refractivity contribution is -0.134. The van der Waals surface area contributed by atoms with Crippen molar-refractivity contribution in [2.75, 3.05) is 19.7 Å². The number of nitrogens with one attached hydrogen (secondary N) is 1. The van der Waals surface area contributed by atoms with Crippen LogP contribution in [-0.4, -0.2) is 47.6 Å². The van der Waals surface area contributed by atoms with Gasteiger partial charge >= 0.3 is 0 Å². The Morgan fingerprint density at radius 1 is 1.28 bits per heavy atom. The van der Waals surface area contributed by atoms with Crippen LogP contribution in [0.4, 0.5) is 0 Å². The minimum Gasteiger partial charge on any atom is -0.396 e. The van der Waals surface area contributed by atoms with Crippen molar-refractivity contribution >= 4 is 11.8 Å². The summed E-state index contributed by atoms with van der Waals surface area (Å²) in [6, 6.07) is 6.94. The predicted molar refractivity (Wildman–Crippen MR) is 98.5 cm³/mol. The molecule has 0 saturated carbocycles. The molecule has 2 rings (SSSR count). The van der Waals surface area contributed by atoms with Gasteiger partial charge in [-0.1, -0.05) is 32.9 Å². The summed E-state index contributed by atoms with van der Waals surface area (Å²) in [5.74, 6) is -0.180. The largest absolute Gasteiger partial charge is 0.396 e. The van der Waals surface area contributed by atoms with E-state index in [1.807, 2.05) is 12.1 Å². The van der Waals surface area contributed by atoms with E-state index in [1.54, 1.807) is 24.0 Å². The number of carbonyl (C=O) groups is 2. The fourth-order valence-corrected chi connectivity index (χ4v) is 3.15. The van der Waals surface area contributed by atoms with Crippen LogP contribution in [0.25, 0.3) is 0 Å². The molecule has 1 saturated heterocycles. The molecule has 0 aromatic heterocycles.